The lowest BCUT2D eigenvalue weighted by Crippen LogP contribution is -2.38. The van der Waals surface area contributed by atoms with Crippen molar-refractivity contribution in [3.63, 3.8) is 0 Å². The van der Waals surface area contributed by atoms with Crippen LogP contribution in [0.3, 0.4) is 0 Å². The Bertz CT molecular complexity index is 999. The summed E-state index contributed by atoms with van der Waals surface area (Å²) in [4.78, 5) is 4.31. The van der Waals surface area contributed by atoms with Crippen LogP contribution in [0.1, 0.15) is 34.9 Å². The number of hydrogen-bond acceptors (Lipinski definition) is 4. The number of aryl methyl sites for hydroxylation is 2. The van der Waals surface area contributed by atoms with Crippen LogP contribution in [0.15, 0.2) is 65.9 Å². The van der Waals surface area contributed by atoms with E-state index < -0.39 is 5.41 Å². The first-order chi connectivity index (χ1) is 12.9. The standard InChI is InChI=1S/C22H21ClN2O2/c1-14-12-19(23)6-9-21(14)22(16(3)25-27,17-4-7-20(26)8-5-17)18-10-11-24-15(2)13-18/h4-13,26-27H,1-3H3/b25-16-/t22-/m1/s1. The maximum absolute atomic E-state index is 9.82. The van der Waals surface area contributed by atoms with Crippen LogP contribution in [-0.2, 0) is 5.41 Å². The number of benzene rings is 2. The van der Waals surface area contributed by atoms with Gasteiger partial charge in [0, 0.05) is 16.9 Å². The normalized spacial score (nSPS) is 14.0. The van der Waals surface area contributed by atoms with E-state index in [1.54, 1.807) is 25.3 Å². The molecule has 0 aliphatic heterocycles. The van der Waals surface area contributed by atoms with Crippen LogP contribution in [0.2, 0.25) is 5.02 Å². The fraction of sp³-hybridized carbons (Fsp3) is 0.182. The fourth-order valence-electron chi connectivity index (χ4n) is 3.70. The first kappa shape index (κ1) is 18.9. The zero-order valence-corrected chi connectivity index (χ0v) is 16.2. The highest BCUT2D eigenvalue weighted by atomic mass is 35.5. The molecule has 2 aromatic carbocycles. The lowest BCUT2D eigenvalue weighted by atomic mass is 9.65. The molecule has 0 unspecified atom stereocenters. The quantitative estimate of drug-likeness (QED) is 0.369. The Kier molecular flexibility index (Phi) is 5.19. The van der Waals surface area contributed by atoms with Crippen molar-refractivity contribution in [2.45, 2.75) is 26.2 Å². The summed E-state index contributed by atoms with van der Waals surface area (Å²) >= 11 is 6.20. The van der Waals surface area contributed by atoms with E-state index in [0.29, 0.717) is 10.7 Å². The molecule has 2 N–H and O–H groups in total. The van der Waals surface area contributed by atoms with E-state index in [9.17, 15) is 10.3 Å². The number of phenolic OH excluding ortho intramolecular Hbond substituents is 1. The molecule has 5 heteroatoms. The van der Waals surface area contributed by atoms with Gasteiger partial charge in [-0.3, -0.25) is 4.98 Å². The zero-order chi connectivity index (χ0) is 19.6. The minimum absolute atomic E-state index is 0.171. The molecule has 4 nitrogen and oxygen atoms in total. The third-order valence-corrected chi connectivity index (χ3v) is 5.15. The van der Waals surface area contributed by atoms with E-state index in [1.807, 2.05) is 56.3 Å². The summed E-state index contributed by atoms with van der Waals surface area (Å²) in [6, 6.07) is 16.5. The number of aromatic nitrogens is 1. The molecule has 1 atom stereocenters. The second-order valence-corrected chi connectivity index (χ2v) is 7.06. The largest absolute Gasteiger partial charge is 0.508 e. The van der Waals surface area contributed by atoms with Crippen LogP contribution in [-0.4, -0.2) is 21.0 Å². The monoisotopic (exact) mass is 380 g/mol. The average molecular weight is 381 g/mol. The molecule has 1 aromatic heterocycles. The predicted molar refractivity (Wildman–Crippen MR) is 108 cm³/mol. The Balaban J connectivity index is 2.47. The Labute approximate surface area is 163 Å². The zero-order valence-electron chi connectivity index (χ0n) is 15.4. The van der Waals surface area contributed by atoms with Gasteiger partial charge >= 0.3 is 0 Å². The van der Waals surface area contributed by atoms with Crippen molar-refractivity contribution in [2.75, 3.05) is 0 Å². The molecule has 0 saturated carbocycles. The Morgan fingerprint density at radius 2 is 1.70 bits per heavy atom. The summed E-state index contributed by atoms with van der Waals surface area (Å²) in [5, 5.41) is 23.9. The minimum atomic E-state index is -0.856. The van der Waals surface area contributed by atoms with Gasteiger partial charge in [0.25, 0.3) is 0 Å². The summed E-state index contributed by atoms with van der Waals surface area (Å²) in [6.07, 6.45) is 1.75. The van der Waals surface area contributed by atoms with Crippen molar-refractivity contribution in [1.29, 1.82) is 0 Å². The van der Waals surface area contributed by atoms with Crippen LogP contribution < -0.4 is 0 Å². The second kappa shape index (κ2) is 7.41. The Morgan fingerprint density at radius 1 is 1.00 bits per heavy atom. The first-order valence-corrected chi connectivity index (χ1v) is 8.95. The summed E-state index contributed by atoms with van der Waals surface area (Å²) in [5.74, 6) is 0.171. The smallest absolute Gasteiger partial charge is 0.115 e. The molecule has 1 heterocycles. The van der Waals surface area contributed by atoms with Gasteiger partial charge in [-0.25, -0.2) is 0 Å². The lowest BCUT2D eigenvalue weighted by Gasteiger charge is -2.36. The molecular formula is C22H21ClN2O2. The Hall–Kier alpha value is -2.85. The predicted octanol–water partition coefficient (Wildman–Crippen LogP) is 5.24. The van der Waals surface area contributed by atoms with Gasteiger partial charge in [-0.15, -0.1) is 0 Å². The lowest BCUT2D eigenvalue weighted by molar-refractivity contribution is 0.315. The summed E-state index contributed by atoms with van der Waals surface area (Å²) in [6.45, 7) is 5.69. The SMILES string of the molecule is C/C(=N/O)[C@@](c1ccc(O)cc1)(c1ccnc(C)c1)c1ccc(Cl)cc1C. The van der Waals surface area contributed by atoms with Crippen LogP contribution in [0, 0.1) is 13.8 Å². The number of hydrogen-bond donors (Lipinski definition) is 2. The van der Waals surface area contributed by atoms with E-state index >= 15 is 0 Å². The van der Waals surface area contributed by atoms with Crippen LogP contribution in [0.25, 0.3) is 0 Å². The molecular weight excluding hydrogens is 360 g/mol. The maximum atomic E-state index is 9.82. The van der Waals surface area contributed by atoms with Gasteiger partial charge in [0.1, 0.15) is 5.75 Å². The van der Waals surface area contributed by atoms with Crippen molar-refractivity contribution >= 4 is 17.3 Å². The van der Waals surface area contributed by atoms with Gasteiger partial charge in [-0.1, -0.05) is 35.0 Å². The number of aromatic hydroxyl groups is 1. The van der Waals surface area contributed by atoms with Gasteiger partial charge < -0.3 is 10.3 Å². The Morgan fingerprint density at radius 3 is 2.30 bits per heavy atom. The van der Waals surface area contributed by atoms with Crippen molar-refractivity contribution in [1.82, 2.24) is 4.98 Å². The van der Waals surface area contributed by atoms with Crippen molar-refractivity contribution in [3.05, 3.63) is 93.8 Å². The molecule has 3 aromatic rings. The molecule has 0 aliphatic rings. The van der Waals surface area contributed by atoms with E-state index in [0.717, 1.165) is 27.9 Å². The number of pyridine rings is 1. The molecule has 3 rings (SSSR count). The van der Waals surface area contributed by atoms with Gasteiger partial charge in [-0.2, -0.15) is 0 Å². The highest BCUT2D eigenvalue weighted by Gasteiger charge is 2.41. The van der Waals surface area contributed by atoms with Gasteiger partial charge in [0.05, 0.1) is 11.1 Å². The molecule has 27 heavy (non-hydrogen) atoms. The fourth-order valence-corrected chi connectivity index (χ4v) is 3.93. The van der Waals surface area contributed by atoms with Crippen molar-refractivity contribution in [3.8, 4) is 5.75 Å². The van der Waals surface area contributed by atoms with Crippen LogP contribution >= 0.6 is 11.6 Å². The van der Waals surface area contributed by atoms with E-state index in [-0.39, 0.29) is 5.75 Å². The first-order valence-electron chi connectivity index (χ1n) is 8.58. The molecule has 0 aliphatic carbocycles. The molecule has 138 valence electrons. The summed E-state index contributed by atoms with van der Waals surface area (Å²) in [7, 11) is 0. The topological polar surface area (TPSA) is 65.7 Å². The van der Waals surface area contributed by atoms with Crippen molar-refractivity contribution < 1.29 is 10.3 Å². The number of rotatable bonds is 4. The molecule has 0 bridgehead atoms. The van der Waals surface area contributed by atoms with Crippen LogP contribution in [0.5, 0.6) is 5.75 Å². The van der Waals surface area contributed by atoms with Gasteiger partial charge in [0.15, 0.2) is 0 Å². The number of phenols is 1. The third kappa shape index (κ3) is 3.28. The highest BCUT2D eigenvalue weighted by Crippen LogP contribution is 2.43. The van der Waals surface area contributed by atoms with E-state index in [4.69, 9.17) is 11.6 Å². The van der Waals surface area contributed by atoms with Gasteiger partial charge in [-0.05, 0) is 79.4 Å². The number of halogens is 1. The number of oxime groups is 1. The third-order valence-electron chi connectivity index (χ3n) is 4.92. The summed E-state index contributed by atoms with van der Waals surface area (Å²) in [5.41, 5.74) is 4.20. The maximum Gasteiger partial charge on any atom is 0.115 e. The second-order valence-electron chi connectivity index (χ2n) is 6.63. The van der Waals surface area contributed by atoms with E-state index in [2.05, 4.69) is 10.1 Å². The molecule has 0 saturated heterocycles. The van der Waals surface area contributed by atoms with E-state index in [1.165, 1.54) is 0 Å². The minimum Gasteiger partial charge on any atom is -0.508 e. The average Bonchev–Trinajstić information content (AvgIpc) is 2.65. The molecule has 0 fully saturated rings. The summed E-state index contributed by atoms with van der Waals surface area (Å²) < 4.78 is 0. The number of nitrogens with zero attached hydrogens (tertiary/aromatic N) is 2. The highest BCUT2D eigenvalue weighted by molar-refractivity contribution is 6.30. The molecule has 0 amide bonds. The van der Waals surface area contributed by atoms with Crippen molar-refractivity contribution in [2.24, 2.45) is 5.16 Å². The van der Waals surface area contributed by atoms with Crippen LogP contribution in [0.4, 0.5) is 0 Å². The molecule has 0 radical (unpaired) electrons. The molecule has 0 spiro atoms. The van der Waals surface area contributed by atoms with Gasteiger partial charge in [0.2, 0.25) is 0 Å².